The molecular formula is C27H35F3N6O3S2. The second-order valence-corrected chi connectivity index (χ2v) is 13.0. The Morgan fingerprint density at radius 3 is 2.51 bits per heavy atom. The van der Waals surface area contributed by atoms with Crippen LogP contribution in [0.15, 0.2) is 12.3 Å². The van der Waals surface area contributed by atoms with Crippen molar-refractivity contribution in [3.8, 4) is 17.1 Å². The van der Waals surface area contributed by atoms with Crippen molar-refractivity contribution in [1.29, 1.82) is 0 Å². The number of hydrogen-bond acceptors (Lipinski definition) is 11. The SMILES string of the molecule is COc1ncc(-c2nc(N3CCOCC3)nc3c(CN4CCC(C(C)(C)O)CC4)c(C)sc23)cc1NSC(F)(F)F. The molecule has 0 radical (unpaired) electrons. The van der Waals surface area contributed by atoms with Gasteiger partial charge in [-0.25, -0.2) is 15.0 Å². The molecule has 5 rings (SSSR count). The highest BCUT2D eigenvalue weighted by Gasteiger charge is 2.32. The van der Waals surface area contributed by atoms with Crippen molar-refractivity contribution in [1.82, 2.24) is 19.9 Å². The molecule has 9 nitrogen and oxygen atoms in total. The molecule has 5 heterocycles. The van der Waals surface area contributed by atoms with E-state index in [1.807, 2.05) is 13.8 Å². The van der Waals surface area contributed by atoms with E-state index in [-0.39, 0.29) is 29.4 Å². The molecule has 0 spiro atoms. The molecule has 14 heteroatoms. The van der Waals surface area contributed by atoms with Crippen LogP contribution >= 0.6 is 23.3 Å². The van der Waals surface area contributed by atoms with E-state index >= 15 is 0 Å². The third kappa shape index (κ3) is 6.99. The van der Waals surface area contributed by atoms with Crippen LogP contribution in [0.25, 0.3) is 21.5 Å². The topological polar surface area (TPSA) is 95.9 Å². The molecule has 0 aliphatic carbocycles. The van der Waals surface area contributed by atoms with Gasteiger partial charge < -0.3 is 24.2 Å². The Balaban J connectivity index is 1.54. The van der Waals surface area contributed by atoms with Crippen LogP contribution in [0.2, 0.25) is 0 Å². The van der Waals surface area contributed by atoms with E-state index in [1.165, 1.54) is 7.11 Å². The van der Waals surface area contributed by atoms with E-state index < -0.39 is 11.1 Å². The largest absolute Gasteiger partial charge is 0.480 e. The number of halogens is 3. The number of alkyl halides is 3. The molecular weight excluding hydrogens is 577 g/mol. The normalized spacial score (nSPS) is 17.8. The van der Waals surface area contributed by atoms with E-state index in [9.17, 15) is 18.3 Å². The van der Waals surface area contributed by atoms with Gasteiger partial charge in [0.15, 0.2) is 0 Å². The molecule has 0 saturated carbocycles. The van der Waals surface area contributed by atoms with Gasteiger partial charge in [-0.2, -0.15) is 13.2 Å². The number of ether oxygens (including phenoxy) is 2. The Hall–Kier alpha value is -2.39. The molecule has 0 amide bonds. The lowest BCUT2D eigenvalue weighted by molar-refractivity contribution is -0.0324. The van der Waals surface area contributed by atoms with Gasteiger partial charge in [0.05, 0.1) is 53.8 Å². The highest BCUT2D eigenvalue weighted by atomic mass is 32.2. The molecule has 0 bridgehead atoms. The zero-order valence-corrected chi connectivity index (χ0v) is 25.2. The predicted octanol–water partition coefficient (Wildman–Crippen LogP) is 5.47. The number of methoxy groups -OCH3 is 1. The molecule has 3 aromatic rings. The van der Waals surface area contributed by atoms with E-state index in [0.29, 0.717) is 43.5 Å². The first-order valence-electron chi connectivity index (χ1n) is 13.6. The lowest BCUT2D eigenvalue weighted by Gasteiger charge is -2.37. The fourth-order valence-electron chi connectivity index (χ4n) is 5.36. The molecule has 2 aliphatic heterocycles. The minimum atomic E-state index is -4.48. The van der Waals surface area contributed by atoms with Crippen molar-refractivity contribution < 1.29 is 27.8 Å². The monoisotopic (exact) mass is 612 g/mol. The summed E-state index contributed by atoms with van der Waals surface area (Å²) in [5, 5.41) is 10.5. The fourth-order valence-corrected chi connectivity index (χ4v) is 6.85. The van der Waals surface area contributed by atoms with E-state index in [1.54, 1.807) is 23.6 Å². The predicted molar refractivity (Wildman–Crippen MR) is 157 cm³/mol. The lowest BCUT2D eigenvalue weighted by Crippen LogP contribution is -2.41. The number of hydrogen-bond donors (Lipinski definition) is 2. The molecule has 0 atom stereocenters. The number of aryl methyl sites for hydroxylation is 1. The summed E-state index contributed by atoms with van der Waals surface area (Å²) in [5.41, 5.74) is -1.91. The molecule has 224 valence electrons. The van der Waals surface area contributed by atoms with Crippen molar-refractivity contribution in [2.45, 2.75) is 51.3 Å². The minimum absolute atomic E-state index is 0.0571. The van der Waals surface area contributed by atoms with E-state index in [2.05, 4.69) is 26.4 Å². The third-order valence-electron chi connectivity index (χ3n) is 7.68. The molecule has 2 saturated heterocycles. The second kappa shape index (κ2) is 12.1. The van der Waals surface area contributed by atoms with Crippen LogP contribution in [0.4, 0.5) is 24.8 Å². The summed E-state index contributed by atoms with van der Waals surface area (Å²) < 4.78 is 52.9. The summed E-state index contributed by atoms with van der Waals surface area (Å²) in [6, 6.07) is 1.59. The Labute approximate surface area is 245 Å². The highest BCUT2D eigenvalue weighted by molar-refractivity contribution is 8.01. The summed E-state index contributed by atoms with van der Waals surface area (Å²) in [6.07, 6.45) is 3.42. The number of pyridine rings is 1. The van der Waals surface area contributed by atoms with Crippen molar-refractivity contribution in [3.63, 3.8) is 0 Å². The number of rotatable bonds is 8. The number of aromatic nitrogens is 3. The van der Waals surface area contributed by atoms with Crippen LogP contribution in [0.1, 0.15) is 37.1 Å². The molecule has 0 unspecified atom stereocenters. The Morgan fingerprint density at radius 1 is 1.17 bits per heavy atom. The average molecular weight is 613 g/mol. The summed E-state index contributed by atoms with van der Waals surface area (Å²) in [4.78, 5) is 19.9. The first kappa shape index (κ1) is 30.1. The van der Waals surface area contributed by atoms with Crippen LogP contribution in [0.5, 0.6) is 5.88 Å². The van der Waals surface area contributed by atoms with Crippen LogP contribution < -0.4 is 14.4 Å². The van der Waals surface area contributed by atoms with E-state index in [0.717, 1.165) is 53.1 Å². The number of aliphatic hydroxyl groups is 1. The van der Waals surface area contributed by atoms with Crippen LogP contribution in [0.3, 0.4) is 0 Å². The Bertz CT molecular complexity index is 1370. The zero-order chi connectivity index (χ0) is 29.4. The number of morpholine rings is 1. The summed E-state index contributed by atoms with van der Waals surface area (Å²) >= 11 is 1.22. The van der Waals surface area contributed by atoms with Gasteiger partial charge >= 0.3 is 5.51 Å². The first-order valence-corrected chi connectivity index (χ1v) is 15.2. The molecule has 2 fully saturated rings. The van der Waals surface area contributed by atoms with Crippen LogP contribution in [-0.2, 0) is 11.3 Å². The molecule has 0 aromatic carbocycles. The van der Waals surface area contributed by atoms with Gasteiger partial charge in [0.1, 0.15) is 5.69 Å². The highest BCUT2D eigenvalue weighted by Crippen LogP contribution is 2.41. The van der Waals surface area contributed by atoms with Crippen molar-refractivity contribution in [3.05, 3.63) is 22.7 Å². The van der Waals surface area contributed by atoms with Gasteiger partial charge in [0.25, 0.3) is 0 Å². The number of nitrogens with one attached hydrogen (secondary N) is 1. The van der Waals surface area contributed by atoms with Gasteiger partial charge in [0.2, 0.25) is 11.8 Å². The summed E-state index contributed by atoms with van der Waals surface area (Å²) in [5.74, 6) is 0.883. The Morgan fingerprint density at radius 2 is 1.88 bits per heavy atom. The van der Waals surface area contributed by atoms with Gasteiger partial charge in [0, 0.05) is 41.8 Å². The fraction of sp³-hybridized carbons (Fsp3) is 0.593. The van der Waals surface area contributed by atoms with Gasteiger partial charge in [-0.15, -0.1) is 11.3 Å². The summed E-state index contributed by atoms with van der Waals surface area (Å²) in [6.45, 7) is 10.7. The van der Waals surface area contributed by atoms with Crippen LogP contribution in [-0.4, -0.2) is 82.6 Å². The molecule has 2 N–H and O–H groups in total. The number of likely N-dealkylation sites (tertiary alicyclic amines) is 1. The average Bonchev–Trinajstić information content (AvgIpc) is 3.25. The van der Waals surface area contributed by atoms with Crippen molar-refractivity contribution >= 4 is 45.1 Å². The first-order chi connectivity index (χ1) is 19.4. The second-order valence-electron chi connectivity index (χ2n) is 10.9. The number of piperidine rings is 1. The zero-order valence-electron chi connectivity index (χ0n) is 23.5. The van der Waals surface area contributed by atoms with E-state index in [4.69, 9.17) is 19.4 Å². The van der Waals surface area contributed by atoms with Crippen LogP contribution in [0, 0.1) is 12.8 Å². The number of thiophene rings is 1. The minimum Gasteiger partial charge on any atom is -0.480 e. The molecule has 2 aliphatic rings. The number of nitrogens with zero attached hydrogens (tertiary/aromatic N) is 5. The maximum absolute atomic E-state index is 13.0. The smallest absolute Gasteiger partial charge is 0.461 e. The quantitative estimate of drug-likeness (QED) is 0.319. The Kier molecular flexibility index (Phi) is 8.86. The number of anilines is 2. The lowest BCUT2D eigenvalue weighted by atomic mass is 9.83. The van der Waals surface area contributed by atoms with Gasteiger partial charge in [-0.1, -0.05) is 0 Å². The molecule has 3 aromatic heterocycles. The van der Waals surface area contributed by atoms with Crippen molar-refractivity contribution in [2.75, 3.05) is 56.1 Å². The van der Waals surface area contributed by atoms with Crippen molar-refractivity contribution in [2.24, 2.45) is 5.92 Å². The standard InChI is InChI=1S/C27H35F3N6O3S2/c1-16-19(15-35-7-5-18(6-8-35)26(2,3)37)22-23(40-16)21(32-25(33-22)36-9-11-39-12-10-36)17-13-20(24(38-4)31-14-17)34-41-27(28,29)30/h13-14,18,34,37H,5-12,15H2,1-4H3. The third-order valence-corrected chi connectivity index (χ3v) is 9.37. The number of fused-ring (bicyclic) bond motifs is 1. The molecule has 41 heavy (non-hydrogen) atoms. The van der Waals surface area contributed by atoms with Gasteiger partial charge in [-0.3, -0.25) is 4.90 Å². The van der Waals surface area contributed by atoms with Gasteiger partial charge in [-0.05, 0) is 58.7 Å². The maximum Gasteiger partial charge on any atom is 0.461 e. The maximum atomic E-state index is 13.0. The summed E-state index contributed by atoms with van der Waals surface area (Å²) in [7, 11) is 1.37.